The molecule has 1 heterocycles. The van der Waals surface area contributed by atoms with Crippen molar-refractivity contribution in [1.29, 1.82) is 0 Å². The maximum atomic E-state index is 14.0. The van der Waals surface area contributed by atoms with Crippen molar-refractivity contribution in [3.63, 3.8) is 0 Å². The maximum absolute atomic E-state index is 14.0. The quantitative estimate of drug-likeness (QED) is 0.879. The molecule has 1 aromatic heterocycles. The van der Waals surface area contributed by atoms with Crippen molar-refractivity contribution in [1.82, 2.24) is 9.97 Å². The molecule has 0 radical (unpaired) electrons. The van der Waals surface area contributed by atoms with Gasteiger partial charge in [-0.2, -0.15) is 0 Å². The summed E-state index contributed by atoms with van der Waals surface area (Å²) in [5.41, 5.74) is 0.892. The van der Waals surface area contributed by atoms with E-state index in [1.165, 1.54) is 6.07 Å². The lowest BCUT2D eigenvalue weighted by Crippen LogP contribution is -2.07. The Hall–Kier alpha value is -1.72. The molecule has 6 heteroatoms. The summed E-state index contributed by atoms with van der Waals surface area (Å²) in [5.74, 6) is 0.747. The molecule has 0 aliphatic rings. The number of ether oxygens (including phenoxy) is 1. The minimum Gasteiger partial charge on any atom is -0.377 e. The lowest BCUT2D eigenvalue weighted by molar-refractivity contribution is 0.178. The molecule has 2 rings (SSSR count). The van der Waals surface area contributed by atoms with Gasteiger partial charge in [0.1, 0.15) is 18.2 Å². The van der Waals surface area contributed by atoms with Crippen LogP contribution in [0.3, 0.4) is 0 Å². The van der Waals surface area contributed by atoms with Gasteiger partial charge in [0.05, 0.1) is 5.69 Å². The number of nitrogens with one attached hydrogen (secondary N) is 1. The molecular weight excluding hydrogens is 293 g/mol. The maximum Gasteiger partial charge on any atom is 0.157 e. The third kappa shape index (κ3) is 4.12. The van der Waals surface area contributed by atoms with Crippen LogP contribution in [0.5, 0.6) is 0 Å². The Morgan fingerprint density at radius 2 is 2.10 bits per heavy atom. The predicted octanol–water partition coefficient (Wildman–Crippen LogP) is 3.90. The van der Waals surface area contributed by atoms with Crippen molar-refractivity contribution in [3.05, 3.63) is 40.9 Å². The third-order valence-corrected chi connectivity index (χ3v) is 3.04. The van der Waals surface area contributed by atoms with Gasteiger partial charge in [-0.05, 0) is 24.6 Å². The number of nitrogens with zero attached hydrogens (tertiary/aromatic N) is 2. The van der Waals surface area contributed by atoms with Crippen molar-refractivity contribution in [2.24, 2.45) is 0 Å². The van der Waals surface area contributed by atoms with Gasteiger partial charge < -0.3 is 10.1 Å². The summed E-state index contributed by atoms with van der Waals surface area (Å²) in [6.07, 6.45) is 0.967. The highest BCUT2D eigenvalue weighted by Gasteiger charge is 2.11. The zero-order valence-corrected chi connectivity index (χ0v) is 12.7. The predicted molar refractivity (Wildman–Crippen MR) is 81.9 cm³/mol. The monoisotopic (exact) mass is 309 g/mol. The number of hydrogen-bond donors (Lipinski definition) is 1. The third-order valence-electron chi connectivity index (χ3n) is 2.81. The molecule has 0 aliphatic heterocycles. The van der Waals surface area contributed by atoms with E-state index in [0.717, 1.165) is 13.0 Å². The second kappa shape index (κ2) is 7.33. The molecule has 0 saturated heterocycles. The normalized spacial score (nSPS) is 10.7. The zero-order chi connectivity index (χ0) is 15.2. The number of halogens is 2. The first kappa shape index (κ1) is 15.7. The number of rotatable bonds is 6. The van der Waals surface area contributed by atoms with Crippen LogP contribution in [-0.4, -0.2) is 23.6 Å². The number of hydrogen-bond acceptors (Lipinski definition) is 4. The SMILES string of the molecule is CCCNc1cc(-c2ccc(Cl)cc2F)nc(COC)n1. The standard InChI is InChI=1S/C15H17ClFN3O/c1-3-6-18-14-8-13(19-15(20-14)9-21-2)11-5-4-10(16)7-12(11)17/h4-5,7-8H,3,6,9H2,1-2H3,(H,18,19,20). The molecule has 2 aromatic rings. The van der Waals surface area contributed by atoms with E-state index >= 15 is 0 Å². The Bertz CT molecular complexity index is 622. The van der Waals surface area contributed by atoms with E-state index in [-0.39, 0.29) is 6.61 Å². The smallest absolute Gasteiger partial charge is 0.157 e. The Labute approximate surface area is 128 Å². The average Bonchev–Trinajstić information content (AvgIpc) is 2.45. The molecule has 1 aromatic carbocycles. The molecule has 1 N–H and O–H groups in total. The minimum atomic E-state index is -0.411. The topological polar surface area (TPSA) is 47.0 Å². The summed E-state index contributed by atoms with van der Waals surface area (Å²) in [5, 5.41) is 3.53. The van der Waals surface area contributed by atoms with E-state index in [2.05, 4.69) is 22.2 Å². The molecule has 0 spiro atoms. The van der Waals surface area contributed by atoms with E-state index < -0.39 is 5.82 Å². The number of benzene rings is 1. The van der Waals surface area contributed by atoms with Crippen LogP contribution in [0.4, 0.5) is 10.2 Å². The lowest BCUT2D eigenvalue weighted by Gasteiger charge is -2.10. The number of methoxy groups -OCH3 is 1. The lowest BCUT2D eigenvalue weighted by atomic mass is 10.1. The van der Waals surface area contributed by atoms with Crippen LogP contribution in [0.15, 0.2) is 24.3 Å². The fraction of sp³-hybridized carbons (Fsp3) is 0.333. The van der Waals surface area contributed by atoms with Crippen LogP contribution in [0.25, 0.3) is 11.3 Å². The molecule has 0 fully saturated rings. The fourth-order valence-corrected chi connectivity index (χ4v) is 2.03. The minimum absolute atomic E-state index is 0.268. The number of anilines is 1. The van der Waals surface area contributed by atoms with Gasteiger partial charge in [-0.3, -0.25) is 0 Å². The summed E-state index contributed by atoms with van der Waals surface area (Å²) in [6, 6.07) is 6.24. The van der Waals surface area contributed by atoms with E-state index in [1.807, 2.05) is 0 Å². The Kier molecular flexibility index (Phi) is 5.47. The van der Waals surface area contributed by atoms with Gasteiger partial charge in [0.2, 0.25) is 0 Å². The van der Waals surface area contributed by atoms with Crippen molar-refractivity contribution < 1.29 is 9.13 Å². The van der Waals surface area contributed by atoms with E-state index in [4.69, 9.17) is 16.3 Å². The molecular formula is C15H17ClFN3O. The summed E-state index contributed by atoms with van der Waals surface area (Å²) >= 11 is 5.78. The summed E-state index contributed by atoms with van der Waals surface area (Å²) in [6.45, 7) is 3.11. The molecule has 0 saturated carbocycles. The van der Waals surface area contributed by atoms with E-state index in [1.54, 1.807) is 25.3 Å². The zero-order valence-electron chi connectivity index (χ0n) is 12.0. The fourth-order valence-electron chi connectivity index (χ4n) is 1.87. The highest BCUT2D eigenvalue weighted by atomic mass is 35.5. The first-order chi connectivity index (χ1) is 10.1. The van der Waals surface area contributed by atoms with Crippen LogP contribution in [-0.2, 0) is 11.3 Å². The van der Waals surface area contributed by atoms with Gasteiger partial charge in [0.15, 0.2) is 5.82 Å². The summed E-state index contributed by atoms with van der Waals surface area (Å²) in [4.78, 5) is 8.67. The molecule has 4 nitrogen and oxygen atoms in total. The molecule has 21 heavy (non-hydrogen) atoms. The van der Waals surface area contributed by atoms with Crippen molar-refractivity contribution >= 4 is 17.4 Å². The molecule has 0 aliphatic carbocycles. The van der Waals surface area contributed by atoms with Gasteiger partial charge in [-0.1, -0.05) is 18.5 Å². The molecule has 0 unspecified atom stereocenters. The van der Waals surface area contributed by atoms with E-state index in [0.29, 0.717) is 27.9 Å². The average molecular weight is 310 g/mol. The van der Waals surface area contributed by atoms with Gasteiger partial charge in [-0.15, -0.1) is 0 Å². The van der Waals surface area contributed by atoms with Crippen LogP contribution < -0.4 is 5.32 Å². The molecule has 0 amide bonds. The van der Waals surface area contributed by atoms with E-state index in [9.17, 15) is 4.39 Å². The first-order valence-electron chi connectivity index (χ1n) is 6.70. The van der Waals surface area contributed by atoms with Gasteiger partial charge in [0.25, 0.3) is 0 Å². The van der Waals surface area contributed by atoms with Crippen LogP contribution >= 0.6 is 11.6 Å². The Balaban J connectivity index is 2.43. The first-order valence-corrected chi connectivity index (χ1v) is 7.08. The van der Waals surface area contributed by atoms with Gasteiger partial charge >= 0.3 is 0 Å². The molecule has 112 valence electrons. The van der Waals surface area contributed by atoms with Gasteiger partial charge in [0, 0.05) is 30.3 Å². The summed E-state index contributed by atoms with van der Waals surface area (Å²) < 4.78 is 19.1. The highest BCUT2D eigenvalue weighted by Crippen LogP contribution is 2.25. The second-order valence-corrected chi connectivity index (χ2v) is 4.98. The Morgan fingerprint density at radius 1 is 1.29 bits per heavy atom. The van der Waals surface area contributed by atoms with Gasteiger partial charge in [-0.25, -0.2) is 14.4 Å². The molecule has 0 bridgehead atoms. The van der Waals surface area contributed by atoms with Crippen LogP contribution in [0.2, 0.25) is 5.02 Å². The largest absolute Gasteiger partial charge is 0.377 e. The van der Waals surface area contributed by atoms with Crippen molar-refractivity contribution in [3.8, 4) is 11.3 Å². The van der Waals surface area contributed by atoms with Crippen molar-refractivity contribution in [2.45, 2.75) is 20.0 Å². The summed E-state index contributed by atoms with van der Waals surface area (Å²) in [7, 11) is 1.57. The Morgan fingerprint density at radius 3 is 2.76 bits per heavy atom. The highest BCUT2D eigenvalue weighted by molar-refractivity contribution is 6.30. The molecule has 0 atom stereocenters. The van der Waals surface area contributed by atoms with Crippen LogP contribution in [0, 0.1) is 5.82 Å². The second-order valence-electron chi connectivity index (χ2n) is 4.54. The van der Waals surface area contributed by atoms with Crippen LogP contribution in [0.1, 0.15) is 19.2 Å². The number of aromatic nitrogens is 2. The van der Waals surface area contributed by atoms with Crippen molar-refractivity contribution in [2.75, 3.05) is 19.0 Å².